The van der Waals surface area contributed by atoms with Crippen LogP contribution in [0.25, 0.3) is 10.8 Å². The number of rotatable bonds is 3. The molecule has 0 radical (unpaired) electrons. The molecular weight excluding hydrogens is 267 g/mol. The van der Waals surface area contributed by atoms with E-state index in [1.807, 2.05) is 30.3 Å². The highest BCUT2D eigenvalue weighted by Gasteiger charge is 2.36. The first-order chi connectivity index (χ1) is 9.38. The van der Waals surface area contributed by atoms with Crippen LogP contribution >= 0.6 is 0 Å². The first-order valence-electron chi connectivity index (χ1n) is 5.92. The maximum absolute atomic E-state index is 12.2. The molecule has 104 valence electrons. The number of hydrogen-bond acceptors (Lipinski definition) is 2. The molecule has 0 aliphatic carbocycles. The lowest BCUT2D eigenvalue weighted by Crippen LogP contribution is -2.21. The first kappa shape index (κ1) is 14.1. The standard InChI is InChI=1S/C15H12F3NO/c1-10(9-14(20)15(16,17)18)19-13-8-4-6-11-5-2-3-7-12(11)13/h2-9,19H,1H3. The van der Waals surface area contributed by atoms with E-state index in [1.165, 1.54) is 6.92 Å². The van der Waals surface area contributed by atoms with Crippen LogP contribution in [0.3, 0.4) is 0 Å². The molecular formula is C15H12F3NO. The van der Waals surface area contributed by atoms with Gasteiger partial charge in [-0.2, -0.15) is 13.2 Å². The molecule has 0 unspecified atom stereocenters. The molecule has 2 rings (SSSR count). The summed E-state index contributed by atoms with van der Waals surface area (Å²) in [5.74, 6) is -1.87. The Kier molecular flexibility index (Phi) is 3.79. The molecule has 0 aliphatic rings. The fraction of sp³-hybridized carbons (Fsp3) is 0.133. The van der Waals surface area contributed by atoms with Crippen LogP contribution in [0, 0.1) is 0 Å². The van der Waals surface area contributed by atoms with E-state index in [9.17, 15) is 18.0 Å². The van der Waals surface area contributed by atoms with Crippen LogP contribution in [-0.2, 0) is 4.79 Å². The van der Waals surface area contributed by atoms with Crippen molar-refractivity contribution in [2.75, 3.05) is 5.32 Å². The Morgan fingerprint density at radius 2 is 1.75 bits per heavy atom. The van der Waals surface area contributed by atoms with Crippen molar-refractivity contribution in [1.29, 1.82) is 0 Å². The fourth-order valence-electron chi connectivity index (χ4n) is 1.86. The molecule has 0 aromatic heterocycles. The number of carbonyl (C=O) groups excluding carboxylic acids is 1. The number of hydrogen-bond donors (Lipinski definition) is 1. The molecule has 0 heterocycles. The van der Waals surface area contributed by atoms with Crippen molar-refractivity contribution in [3.63, 3.8) is 0 Å². The van der Waals surface area contributed by atoms with Crippen molar-refractivity contribution in [2.24, 2.45) is 0 Å². The molecule has 0 bridgehead atoms. The van der Waals surface area contributed by atoms with Gasteiger partial charge in [-0.25, -0.2) is 0 Å². The molecule has 0 saturated carbocycles. The molecule has 20 heavy (non-hydrogen) atoms. The van der Waals surface area contributed by atoms with Gasteiger partial charge in [-0.15, -0.1) is 0 Å². The Hall–Kier alpha value is -2.30. The molecule has 2 nitrogen and oxygen atoms in total. The third kappa shape index (κ3) is 3.17. The Balaban J connectivity index is 2.29. The summed E-state index contributed by atoms with van der Waals surface area (Å²) < 4.78 is 36.5. The van der Waals surface area contributed by atoms with Crippen molar-refractivity contribution in [1.82, 2.24) is 0 Å². The molecule has 2 aromatic carbocycles. The predicted octanol–water partition coefficient (Wildman–Crippen LogP) is 4.29. The number of fused-ring (bicyclic) bond motifs is 1. The van der Waals surface area contributed by atoms with Crippen LogP contribution < -0.4 is 5.32 Å². The second-order valence-electron chi connectivity index (χ2n) is 4.34. The number of allylic oxidation sites excluding steroid dienone is 2. The first-order valence-corrected chi connectivity index (χ1v) is 5.92. The fourth-order valence-corrected chi connectivity index (χ4v) is 1.86. The highest BCUT2D eigenvalue weighted by Crippen LogP contribution is 2.24. The van der Waals surface area contributed by atoms with Crippen LogP contribution in [0.5, 0.6) is 0 Å². The SMILES string of the molecule is CC(=CC(=O)C(F)(F)F)Nc1cccc2ccccc12. The quantitative estimate of drug-likeness (QED) is 0.849. The second kappa shape index (κ2) is 5.36. The van der Waals surface area contributed by atoms with E-state index in [4.69, 9.17) is 0 Å². The van der Waals surface area contributed by atoms with E-state index >= 15 is 0 Å². The number of alkyl halides is 3. The minimum Gasteiger partial charge on any atom is -0.359 e. The summed E-state index contributed by atoms with van der Waals surface area (Å²) in [6, 6.07) is 12.9. The lowest BCUT2D eigenvalue weighted by atomic mass is 10.1. The third-order valence-electron chi connectivity index (χ3n) is 2.75. The van der Waals surface area contributed by atoms with Crippen LogP contribution in [-0.4, -0.2) is 12.0 Å². The van der Waals surface area contributed by atoms with E-state index in [0.717, 1.165) is 10.8 Å². The molecule has 0 atom stereocenters. The zero-order valence-electron chi connectivity index (χ0n) is 10.7. The smallest absolute Gasteiger partial charge is 0.359 e. The summed E-state index contributed by atoms with van der Waals surface area (Å²) in [5, 5.41) is 4.67. The van der Waals surface area contributed by atoms with Gasteiger partial charge in [0.15, 0.2) is 0 Å². The number of anilines is 1. The molecule has 0 amide bonds. The van der Waals surface area contributed by atoms with Gasteiger partial charge < -0.3 is 5.32 Å². The van der Waals surface area contributed by atoms with E-state index in [-0.39, 0.29) is 5.70 Å². The zero-order chi connectivity index (χ0) is 14.8. The van der Waals surface area contributed by atoms with Gasteiger partial charge in [0.05, 0.1) is 0 Å². The van der Waals surface area contributed by atoms with Crippen molar-refractivity contribution < 1.29 is 18.0 Å². The number of nitrogens with one attached hydrogen (secondary N) is 1. The van der Waals surface area contributed by atoms with Crippen molar-refractivity contribution in [2.45, 2.75) is 13.1 Å². The lowest BCUT2D eigenvalue weighted by molar-refractivity contribution is -0.165. The normalized spacial score (nSPS) is 12.5. The maximum Gasteiger partial charge on any atom is 0.454 e. The Labute approximate surface area is 113 Å². The van der Waals surface area contributed by atoms with Gasteiger partial charge in [-0.1, -0.05) is 36.4 Å². The molecule has 5 heteroatoms. The van der Waals surface area contributed by atoms with Gasteiger partial charge in [0.2, 0.25) is 0 Å². The minimum absolute atomic E-state index is 0.142. The molecule has 0 fully saturated rings. The Morgan fingerprint density at radius 1 is 1.10 bits per heavy atom. The number of benzene rings is 2. The third-order valence-corrected chi connectivity index (χ3v) is 2.75. The van der Waals surface area contributed by atoms with Gasteiger partial charge in [0.1, 0.15) is 0 Å². The number of halogens is 3. The Bertz CT molecular complexity index is 669. The van der Waals surface area contributed by atoms with Crippen LogP contribution in [0.15, 0.2) is 54.2 Å². The Morgan fingerprint density at radius 3 is 2.45 bits per heavy atom. The highest BCUT2D eigenvalue weighted by molar-refractivity contribution is 5.97. The topological polar surface area (TPSA) is 29.1 Å². The van der Waals surface area contributed by atoms with E-state index < -0.39 is 12.0 Å². The molecule has 1 N–H and O–H groups in total. The maximum atomic E-state index is 12.2. The number of carbonyl (C=O) groups is 1. The second-order valence-corrected chi connectivity index (χ2v) is 4.34. The van der Waals surface area contributed by atoms with E-state index in [0.29, 0.717) is 11.8 Å². The zero-order valence-corrected chi connectivity index (χ0v) is 10.7. The van der Waals surface area contributed by atoms with Gasteiger partial charge in [-0.3, -0.25) is 4.79 Å². The number of ketones is 1. The molecule has 0 spiro atoms. The predicted molar refractivity (Wildman–Crippen MR) is 72.4 cm³/mol. The summed E-state index contributed by atoms with van der Waals surface area (Å²) >= 11 is 0. The lowest BCUT2D eigenvalue weighted by Gasteiger charge is -2.10. The van der Waals surface area contributed by atoms with Crippen LogP contribution in [0.1, 0.15) is 6.92 Å². The molecule has 0 aliphatic heterocycles. The molecule has 2 aromatic rings. The van der Waals surface area contributed by atoms with E-state index in [1.54, 1.807) is 12.1 Å². The van der Waals surface area contributed by atoms with Crippen molar-refractivity contribution in [3.8, 4) is 0 Å². The minimum atomic E-state index is -4.85. The summed E-state index contributed by atoms with van der Waals surface area (Å²) in [6.07, 6.45) is -4.29. The average Bonchev–Trinajstić information content (AvgIpc) is 2.38. The monoisotopic (exact) mass is 279 g/mol. The van der Waals surface area contributed by atoms with Crippen LogP contribution in [0.4, 0.5) is 18.9 Å². The van der Waals surface area contributed by atoms with E-state index in [2.05, 4.69) is 5.32 Å². The van der Waals surface area contributed by atoms with Gasteiger partial charge >= 0.3 is 6.18 Å². The van der Waals surface area contributed by atoms with Gasteiger partial charge in [0.25, 0.3) is 5.78 Å². The van der Waals surface area contributed by atoms with Crippen molar-refractivity contribution >= 4 is 22.2 Å². The van der Waals surface area contributed by atoms with Crippen LogP contribution in [0.2, 0.25) is 0 Å². The summed E-state index contributed by atoms with van der Waals surface area (Å²) in [4.78, 5) is 10.9. The van der Waals surface area contributed by atoms with Gasteiger partial charge in [-0.05, 0) is 18.4 Å². The summed E-state index contributed by atoms with van der Waals surface area (Å²) in [7, 11) is 0. The van der Waals surface area contributed by atoms with Gasteiger partial charge in [0, 0.05) is 22.8 Å². The largest absolute Gasteiger partial charge is 0.454 e. The highest BCUT2D eigenvalue weighted by atomic mass is 19.4. The summed E-state index contributed by atoms with van der Waals surface area (Å²) in [6.45, 7) is 1.42. The molecule has 0 saturated heterocycles. The van der Waals surface area contributed by atoms with Crippen molar-refractivity contribution in [3.05, 3.63) is 54.2 Å². The summed E-state index contributed by atoms with van der Waals surface area (Å²) in [5.41, 5.74) is 0.801. The average molecular weight is 279 g/mol.